The van der Waals surface area contributed by atoms with Gasteiger partial charge in [-0.25, -0.2) is 4.79 Å². The number of carbonyl (C=O) groups excluding carboxylic acids is 1. The second-order valence-electron chi connectivity index (χ2n) is 4.81. The lowest BCUT2D eigenvalue weighted by Crippen LogP contribution is -2.08. The highest BCUT2D eigenvalue weighted by Gasteiger charge is 2.07. The van der Waals surface area contributed by atoms with E-state index in [1.54, 1.807) is 49.1 Å². The molecule has 0 N–H and O–H groups in total. The van der Waals surface area contributed by atoms with Crippen LogP contribution < -0.4 is 4.74 Å². The number of pyridine rings is 2. The fraction of sp³-hybridized carbons (Fsp3) is 0. The molecule has 0 aliphatic heterocycles. The molecule has 0 spiro atoms. The van der Waals surface area contributed by atoms with Crippen molar-refractivity contribution in [3.05, 3.63) is 90.0 Å². The van der Waals surface area contributed by atoms with Crippen LogP contribution in [0.1, 0.15) is 21.5 Å². The molecule has 0 unspecified atom stereocenters. The molecule has 0 aliphatic carbocycles. The van der Waals surface area contributed by atoms with Crippen molar-refractivity contribution < 1.29 is 9.53 Å². The van der Waals surface area contributed by atoms with Gasteiger partial charge in [-0.05, 0) is 47.5 Å². The van der Waals surface area contributed by atoms with E-state index in [-0.39, 0.29) is 0 Å². The van der Waals surface area contributed by atoms with Crippen molar-refractivity contribution in [1.82, 2.24) is 9.97 Å². The van der Waals surface area contributed by atoms with Crippen LogP contribution in [0.4, 0.5) is 0 Å². The standard InChI is InChI=1S/C19H14N2O2/c22-19(17-9-13-21-14-10-17)23-18-5-3-15(4-6-18)1-2-16-7-11-20-12-8-16/h1-14H/b2-1+. The van der Waals surface area contributed by atoms with Gasteiger partial charge in [-0.15, -0.1) is 0 Å². The van der Waals surface area contributed by atoms with E-state index in [0.717, 1.165) is 11.1 Å². The molecule has 0 aliphatic rings. The molecule has 0 amide bonds. The summed E-state index contributed by atoms with van der Waals surface area (Å²) in [5, 5.41) is 0. The summed E-state index contributed by atoms with van der Waals surface area (Å²) in [5.74, 6) is 0.111. The summed E-state index contributed by atoms with van der Waals surface area (Å²) in [6.45, 7) is 0. The minimum Gasteiger partial charge on any atom is -0.423 e. The van der Waals surface area contributed by atoms with Crippen LogP contribution in [0.2, 0.25) is 0 Å². The molecule has 0 saturated carbocycles. The van der Waals surface area contributed by atoms with Crippen molar-refractivity contribution in [1.29, 1.82) is 0 Å². The number of carbonyl (C=O) groups is 1. The topological polar surface area (TPSA) is 52.1 Å². The number of hydrogen-bond acceptors (Lipinski definition) is 4. The summed E-state index contributed by atoms with van der Waals surface area (Å²) in [4.78, 5) is 19.8. The molecule has 0 saturated heterocycles. The first-order valence-corrected chi connectivity index (χ1v) is 7.12. The molecule has 3 rings (SSSR count). The summed E-state index contributed by atoms with van der Waals surface area (Å²) in [5.41, 5.74) is 2.57. The van der Waals surface area contributed by atoms with Gasteiger partial charge in [0.05, 0.1) is 5.56 Å². The molecule has 4 nitrogen and oxygen atoms in total. The zero-order chi connectivity index (χ0) is 15.9. The zero-order valence-corrected chi connectivity index (χ0v) is 12.3. The lowest BCUT2D eigenvalue weighted by molar-refractivity contribution is 0.0734. The highest BCUT2D eigenvalue weighted by molar-refractivity contribution is 5.90. The van der Waals surface area contributed by atoms with Crippen LogP contribution in [0, 0.1) is 0 Å². The molecule has 3 aromatic rings. The monoisotopic (exact) mass is 302 g/mol. The Morgan fingerprint density at radius 2 is 1.26 bits per heavy atom. The van der Waals surface area contributed by atoms with Crippen LogP contribution in [0.3, 0.4) is 0 Å². The Balaban J connectivity index is 1.65. The third-order valence-corrected chi connectivity index (χ3v) is 3.18. The summed E-state index contributed by atoms with van der Waals surface area (Å²) >= 11 is 0. The van der Waals surface area contributed by atoms with Gasteiger partial charge in [-0.2, -0.15) is 0 Å². The maximum atomic E-state index is 11.9. The minimum atomic E-state index is -0.396. The number of aromatic nitrogens is 2. The van der Waals surface area contributed by atoms with Gasteiger partial charge in [0, 0.05) is 24.8 Å². The van der Waals surface area contributed by atoms with Crippen molar-refractivity contribution in [3.8, 4) is 5.75 Å². The Hall–Kier alpha value is -3.27. The maximum Gasteiger partial charge on any atom is 0.343 e. The van der Waals surface area contributed by atoms with Gasteiger partial charge in [0.1, 0.15) is 5.75 Å². The molecular weight excluding hydrogens is 288 g/mol. The summed E-state index contributed by atoms with van der Waals surface area (Å²) in [6.07, 6.45) is 10.6. The minimum absolute atomic E-state index is 0.396. The molecule has 2 aromatic heterocycles. The average Bonchev–Trinajstić information content (AvgIpc) is 2.63. The first-order valence-electron chi connectivity index (χ1n) is 7.12. The van der Waals surface area contributed by atoms with E-state index in [0.29, 0.717) is 11.3 Å². The quantitative estimate of drug-likeness (QED) is 0.542. The van der Waals surface area contributed by atoms with E-state index in [4.69, 9.17) is 4.74 Å². The lowest BCUT2D eigenvalue weighted by Gasteiger charge is -2.04. The number of rotatable bonds is 4. The third kappa shape index (κ3) is 4.11. The smallest absolute Gasteiger partial charge is 0.343 e. The van der Waals surface area contributed by atoms with Gasteiger partial charge >= 0.3 is 5.97 Å². The van der Waals surface area contributed by atoms with E-state index >= 15 is 0 Å². The van der Waals surface area contributed by atoms with E-state index in [9.17, 15) is 4.79 Å². The van der Waals surface area contributed by atoms with E-state index in [1.807, 2.05) is 36.4 Å². The second kappa shape index (κ2) is 7.13. The van der Waals surface area contributed by atoms with Gasteiger partial charge in [-0.1, -0.05) is 24.3 Å². The van der Waals surface area contributed by atoms with E-state index in [1.165, 1.54) is 0 Å². The largest absolute Gasteiger partial charge is 0.423 e. The molecule has 1 aromatic carbocycles. The summed E-state index contributed by atoms with van der Waals surface area (Å²) in [6, 6.07) is 14.4. The van der Waals surface area contributed by atoms with Crippen molar-refractivity contribution in [2.45, 2.75) is 0 Å². The van der Waals surface area contributed by atoms with Crippen LogP contribution in [-0.4, -0.2) is 15.9 Å². The molecule has 112 valence electrons. The highest BCUT2D eigenvalue weighted by Crippen LogP contribution is 2.16. The Labute approximate surface area is 134 Å². The van der Waals surface area contributed by atoms with Crippen molar-refractivity contribution >= 4 is 18.1 Å². The van der Waals surface area contributed by atoms with E-state index in [2.05, 4.69) is 9.97 Å². The Morgan fingerprint density at radius 3 is 1.87 bits per heavy atom. The van der Waals surface area contributed by atoms with Gasteiger partial charge in [0.15, 0.2) is 0 Å². The van der Waals surface area contributed by atoms with Crippen LogP contribution in [0.25, 0.3) is 12.2 Å². The fourth-order valence-corrected chi connectivity index (χ4v) is 1.97. The van der Waals surface area contributed by atoms with Crippen LogP contribution in [0.15, 0.2) is 73.3 Å². The maximum absolute atomic E-state index is 11.9. The molecule has 0 radical (unpaired) electrons. The molecule has 0 bridgehead atoms. The molecule has 2 heterocycles. The van der Waals surface area contributed by atoms with Gasteiger partial charge in [0.2, 0.25) is 0 Å². The Morgan fingerprint density at radius 1 is 0.739 bits per heavy atom. The third-order valence-electron chi connectivity index (χ3n) is 3.18. The molecule has 0 fully saturated rings. The number of esters is 1. The molecule has 0 atom stereocenters. The number of benzene rings is 1. The second-order valence-corrected chi connectivity index (χ2v) is 4.81. The Kier molecular flexibility index (Phi) is 4.55. The van der Waals surface area contributed by atoms with Crippen molar-refractivity contribution in [2.75, 3.05) is 0 Å². The first-order chi connectivity index (χ1) is 11.3. The van der Waals surface area contributed by atoms with Gasteiger partial charge in [-0.3, -0.25) is 9.97 Å². The molecular formula is C19H14N2O2. The van der Waals surface area contributed by atoms with Crippen LogP contribution >= 0.6 is 0 Å². The van der Waals surface area contributed by atoms with Crippen molar-refractivity contribution in [2.24, 2.45) is 0 Å². The van der Waals surface area contributed by atoms with Gasteiger partial charge in [0.25, 0.3) is 0 Å². The number of nitrogens with zero attached hydrogens (tertiary/aromatic N) is 2. The fourth-order valence-electron chi connectivity index (χ4n) is 1.97. The normalized spacial score (nSPS) is 10.6. The predicted octanol–water partition coefficient (Wildman–Crippen LogP) is 3.87. The van der Waals surface area contributed by atoms with Crippen LogP contribution in [0.5, 0.6) is 5.75 Å². The SMILES string of the molecule is O=C(Oc1ccc(/C=C/c2ccncc2)cc1)c1ccncc1. The predicted molar refractivity (Wildman–Crippen MR) is 88.8 cm³/mol. The lowest BCUT2D eigenvalue weighted by atomic mass is 10.1. The number of hydrogen-bond donors (Lipinski definition) is 0. The Bertz CT molecular complexity index is 798. The summed E-state index contributed by atoms with van der Waals surface area (Å²) in [7, 11) is 0. The number of ether oxygens (including phenoxy) is 1. The molecule has 4 heteroatoms. The average molecular weight is 302 g/mol. The first kappa shape index (κ1) is 14.7. The zero-order valence-electron chi connectivity index (χ0n) is 12.3. The van der Waals surface area contributed by atoms with E-state index < -0.39 is 5.97 Å². The molecule has 23 heavy (non-hydrogen) atoms. The van der Waals surface area contributed by atoms with Crippen LogP contribution in [-0.2, 0) is 0 Å². The van der Waals surface area contributed by atoms with Crippen molar-refractivity contribution in [3.63, 3.8) is 0 Å². The van der Waals surface area contributed by atoms with Gasteiger partial charge < -0.3 is 4.74 Å². The highest BCUT2D eigenvalue weighted by atomic mass is 16.5. The summed E-state index contributed by atoms with van der Waals surface area (Å²) < 4.78 is 5.32.